The first-order valence-electron chi connectivity index (χ1n) is 2.67. The molecule has 0 radical (unpaired) electrons. The summed E-state index contributed by atoms with van der Waals surface area (Å²) >= 11 is 0. The molecule has 0 aromatic rings. The Balaban J connectivity index is 2.45. The molecule has 0 N–H and O–H groups in total. The molecule has 1 rings (SSSR count). The molecule has 0 fully saturated rings. The van der Waals surface area contributed by atoms with Crippen molar-refractivity contribution in [2.45, 2.75) is 13.0 Å². The summed E-state index contributed by atoms with van der Waals surface area (Å²) in [4.78, 5) is 2.29. The standard InChI is InChI=1S/C6H11N/c1-6-4-3-5-7(6)2/h3-4,6H,5H2,1-2H3. The predicted molar refractivity (Wildman–Crippen MR) is 31.2 cm³/mol. The van der Waals surface area contributed by atoms with Gasteiger partial charge in [0, 0.05) is 12.6 Å². The van der Waals surface area contributed by atoms with E-state index in [9.17, 15) is 0 Å². The van der Waals surface area contributed by atoms with E-state index in [0.29, 0.717) is 6.04 Å². The smallest absolute Gasteiger partial charge is 0.0250 e. The van der Waals surface area contributed by atoms with E-state index >= 15 is 0 Å². The Kier molecular flexibility index (Phi) is 1.15. The van der Waals surface area contributed by atoms with Gasteiger partial charge in [0.05, 0.1) is 0 Å². The van der Waals surface area contributed by atoms with Crippen molar-refractivity contribution in [1.82, 2.24) is 4.90 Å². The van der Waals surface area contributed by atoms with Gasteiger partial charge in [0.25, 0.3) is 0 Å². The van der Waals surface area contributed by atoms with E-state index in [2.05, 4.69) is 31.0 Å². The number of hydrogen-bond acceptors (Lipinski definition) is 1. The molecule has 1 heterocycles. The van der Waals surface area contributed by atoms with E-state index in [1.54, 1.807) is 0 Å². The van der Waals surface area contributed by atoms with Gasteiger partial charge in [-0.2, -0.15) is 0 Å². The van der Waals surface area contributed by atoms with Crippen LogP contribution in [0.5, 0.6) is 0 Å². The van der Waals surface area contributed by atoms with Gasteiger partial charge in [-0.1, -0.05) is 12.2 Å². The van der Waals surface area contributed by atoms with E-state index in [0.717, 1.165) is 6.54 Å². The summed E-state index contributed by atoms with van der Waals surface area (Å²) < 4.78 is 0. The van der Waals surface area contributed by atoms with Crippen LogP contribution in [0.25, 0.3) is 0 Å². The van der Waals surface area contributed by atoms with Gasteiger partial charge >= 0.3 is 0 Å². The molecule has 0 spiro atoms. The zero-order valence-electron chi connectivity index (χ0n) is 4.89. The third-order valence-electron chi connectivity index (χ3n) is 1.50. The van der Waals surface area contributed by atoms with Crippen molar-refractivity contribution < 1.29 is 0 Å². The molecule has 0 saturated heterocycles. The lowest BCUT2D eigenvalue weighted by Gasteiger charge is -2.12. The second-order valence-corrected chi connectivity index (χ2v) is 2.11. The Hall–Kier alpha value is -0.300. The van der Waals surface area contributed by atoms with E-state index in [1.165, 1.54) is 0 Å². The summed E-state index contributed by atoms with van der Waals surface area (Å²) in [5.41, 5.74) is 0. The molecule has 0 aromatic carbocycles. The molecule has 1 nitrogen and oxygen atoms in total. The summed E-state index contributed by atoms with van der Waals surface area (Å²) in [5.74, 6) is 0. The SMILES string of the molecule is CC1C=CCN1C. The summed E-state index contributed by atoms with van der Waals surface area (Å²) in [6, 6.07) is 0.667. The average Bonchev–Trinajstić information content (AvgIpc) is 1.91. The largest absolute Gasteiger partial charge is 0.297 e. The Morgan fingerprint density at radius 2 is 2.43 bits per heavy atom. The zero-order chi connectivity index (χ0) is 5.28. The predicted octanol–water partition coefficient (Wildman–Crippen LogP) is 0.876. The Bertz CT molecular complexity index is 86.2. The molecule has 1 heteroatoms. The van der Waals surface area contributed by atoms with Crippen molar-refractivity contribution in [3.05, 3.63) is 12.2 Å². The summed E-state index contributed by atoms with van der Waals surface area (Å²) in [6.45, 7) is 3.32. The molecule has 1 aliphatic heterocycles. The van der Waals surface area contributed by atoms with Crippen LogP contribution in [0.15, 0.2) is 12.2 Å². The minimum Gasteiger partial charge on any atom is -0.297 e. The van der Waals surface area contributed by atoms with Crippen molar-refractivity contribution in [2.24, 2.45) is 0 Å². The van der Waals surface area contributed by atoms with Crippen LogP contribution in [0, 0.1) is 0 Å². The van der Waals surface area contributed by atoms with Gasteiger partial charge < -0.3 is 0 Å². The van der Waals surface area contributed by atoms with Crippen LogP contribution in [0.3, 0.4) is 0 Å². The Morgan fingerprint density at radius 3 is 2.57 bits per heavy atom. The Labute approximate surface area is 44.6 Å². The number of likely N-dealkylation sites (N-methyl/N-ethyl adjacent to an activating group) is 1. The Morgan fingerprint density at radius 1 is 1.71 bits per heavy atom. The zero-order valence-corrected chi connectivity index (χ0v) is 4.89. The summed E-state index contributed by atoms with van der Waals surface area (Å²) in [7, 11) is 2.13. The highest BCUT2D eigenvalue weighted by Crippen LogP contribution is 2.03. The molecule has 1 unspecified atom stereocenters. The van der Waals surface area contributed by atoms with Gasteiger partial charge in [-0.25, -0.2) is 0 Å². The van der Waals surface area contributed by atoms with Crippen molar-refractivity contribution >= 4 is 0 Å². The van der Waals surface area contributed by atoms with Gasteiger partial charge in [-0.05, 0) is 14.0 Å². The second-order valence-electron chi connectivity index (χ2n) is 2.11. The first-order valence-corrected chi connectivity index (χ1v) is 2.67. The maximum atomic E-state index is 2.29. The first kappa shape index (κ1) is 4.85. The topological polar surface area (TPSA) is 3.24 Å². The van der Waals surface area contributed by atoms with Crippen LogP contribution in [-0.4, -0.2) is 24.5 Å². The van der Waals surface area contributed by atoms with Crippen molar-refractivity contribution in [3.63, 3.8) is 0 Å². The minimum absolute atomic E-state index is 0.667. The molecule has 0 amide bonds. The molecule has 1 atom stereocenters. The highest BCUT2D eigenvalue weighted by Gasteiger charge is 2.07. The molecule has 0 aromatic heterocycles. The van der Waals surface area contributed by atoms with Gasteiger partial charge in [-0.3, -0.25) is 4.90 Å². The highest BCUT2D eigenvalue weighted by molar-refractivity contribution is 5.00. The highest BCUT2D eigenvalue weighted by atomic mass is 15.1. The molecule has 7 heavy (non-hydrogen) atoms. The molecule has 40 valence electrons. The van der Waals surface area contributed by atoms with Crippen LogP contribution in [0.4, 0.5) is 0 Å². The summed E-state index contributed by atoms with van der Waals surface area (Å²) in [5, 5.41) is 0. The third kappa shape index (κ3) is 0.829. The minimum atomic E-state index is 0.667. The molecule has 0 bridgehead atoms. The normalized spacial score (nSPS) is 32.0. The molecular formula is C6H11N. The second kappa shape index (κ2) is 1.66. The van der Waals surface area contributed by atoms with Gasteiger partial charge in [0.15, 0.2) is 0 Å². The van der Waals surface area contributed by atoms with Crippen LogP contribution in [-0.2, 0) is 0 Å². The van der Waals surface area contributed by atoms with Crippen molar-refractivity contribution in [3.8, 4) is 0 Å². The van der Waals surface area contributed by atoms with Crippen molar-refractivity contribution in [1.29, 1.82) is 0 Å². The van der Waals surface area contributed by atoms with Gasteiger partial charge in [-0.15, -0.1) is 0 Å². The summed E-state index contributed by atoms with van der Waals surface area (Å²) in [6.07, 6.45) is 4.42. The quantitative estimate of drug-likeness (QED) is 0.405. The fourth-order valence-corrected chi connectivity index (χ4v) is 0.737. The fourth-order valence-electron chi connectivity index (χ4n) is 0.737. The average molecular weight is 97.2 g/mol. The van der Waals surface area contributed by atoms with E-state index in [4.69, 9.17) is 0 Å². The first-order chi connectivity index (χ1) is 3.30. The van der Waals surface area contributed by atoms with Crippen LogP contribution in [0.2, 0.25) is 0 Å². The van der Waals surface area contributed by atoms with Crippen molar-refractivity contribution in [2.75, 3.05) is 13.6 Å². The maximum absolute atomic E-state index is 2.29. The number of hydrogen-bond donors (Lipinski definition) is 0. The van der Waals surface area contributed by atoms with E-state index in [1.807, 2.05) is 0 Å². The molecular weight excluding hydrogens is 86.1 g/mol. The molecule has 1 aliphatic rings. The monoisotopic (exact) mass is 97.1 g/mol. The number of rotatable bonds is 0. The van der Waals surface area contributed by atoms with Gasteiger partial charge in [0.1, 0.15) is 0 Å². The van der Waals surface area contributed by atoms with E-state index < -0.39 is 0 Å². The lowest BCUT2D eigenvalue weighted by molar-refractivity contribution is 0.352. The third-order valence-corrected chi connectivity index (χ3v) is 1.50. The van der Waals surface area contributed by atoms with Crippen LogP contribution in [0.1, 0.15) is 6.92 Å². The fraction of sp³-hybridized carbons (Fsp3) is 0.667. The van der Waals surface area contributed by atoms with Gasteiger partial charge in [0.2, 0.25) is 0 Å². The van der Waals surface area contributed by atoms with Crippen LogP contribution >= 0.6 is 0 Å². The van der Waals surface area contributed by atoms with E-state index in [-0.39, 0.29) is 0 Å². The molecule has 0 saturated carbocycles. The van der Waals surface area contributed by atoms with Crippen LogP contribution < -0.4 is 0 Å². The number of nitrogens with zero attached hydrogens (tertiary/aromatic N) is 1. The lowest BCUT2D eigenvalue weighted by Crippen LogP contribution is -2.21. The molecule has 0 aliphatic carbocycles. The lowest BCUT2D eigenvalue weighted by atomic mass is 10.3. The maximum Gasteiger partial charge on any atom is 0.0250 e.